The van der Waals surface area contributed by atoms with Gasteiger partial charge in [-0.25, -0.2) is 4.39 Å². The number of hydrogen-bond acceptors (Lipinski definition) is 1. The SMILES string of the molecule is CS(C)(C)N(c1ccc(F)cc1Br)S(C)(C)C. The summed E-state index contributed by atoms with van der Waals surface area (Å²) in [7, 11) is -1.79. The quantitative estimate of drug-likeness (QED) is 0.775. The maximum absolute atomic E-state index is 13.2. The van der Waals surface area contributed by atoms with E-state index in [-0.39, 0.29) is 5.82 Å². The van der Waals surface area contributed by atoms with E-state index >= 15 is 0 Å². The van der Waals surface area contributed by atoms with Gasteiger partial charge >= 0.3 is 0 Å². The minimum atomic E-state index is -0.893. The summed E-state index contributed by atoms with van der Waals surface area (Å²) in [6.45, 7) is 0. The molecule has 0 atom stereocenters. The van der Waals surface area contributed by atoms with E-state index in [4.69, 9.17) is 0 Å². The van der Waals surface area contributed by atoms with Gasteiger partial charge in [0.2, 0.25) is 0 Å². The molecule has 0 aliphatic carbocycles. The van der Waals surface area contributed by atoms with E-state index in [9.17, 15) is 4.39 Å². The van der Waals surface area contributed by atoms with Crippen LogP contribution in [0.1, 0.15) is 0 Å². The van der Waals surface area contributed by atoms with Crippen molar-refractivity contribution in [3.63, 3.8) is 0 Å². The van der Waals surface area contributed by atoms with Gasteiger partial charge < -0.3 is 0 Å². The number of nitrogens with zero attached hydrogens (tertiary/aromatic N) is 1. The lowest BCUT2D eigenvalue weighted by molar-refractivity contribution is 0.627. The van der Waals surface area contributed by atoms with Gasteiger partial charge in [-0.05, 0) is 71.7 Å². The Morgan fingerprint density at radius 2 is 1.47 bits per heavy atom. The van der Waals surface area contributed by atoms with Crippen LogP contribution in [0.15, 0.2) is 22.7 Å². The lowest BCUT2D eigenvalue weighted by atomic mass is 10.3. The molecule has 1 aromatic rings. The van der Waals surface area contributed by atoms with Crippen molar-refractivity contribution in [2.45, 2.75) is 0 Å². The molecule has 17 heavy (non-hydrogen) atoms. The monoisotopic (exact) mass is 341 g/mol. The molecule has 0 unspecified atom stereocenters. The predicted molar refractivity (Wildman–Crippen MR) is 87.3 cm³/mol. The molecule has 1 rings (SSSR count). The van der Waals surface area contributed by atoms with Gasteiger partial charge in [-0.3, -0.25) is 3.71 Å². The molecule has 0 spiro atoms. The normalized spacial score (nSPS) is 14.6. The van der Waals surface area contributed by atoms with Crippen LogP contribution in [0.3, 0.4) is 0 Å². The van der Waals surface area contributed by atoms with Gasteiger partial charge in [0.1, 0.15) is 5.82 Å². The standard InChI is InChI=1S/C12H21BrFNS2/c1-16(2,3)15(17(4,5)6)12-8-7-10(14)9-11(12)13/h7-9H,1-6H3. The lowest BCUT2D eigenvalue weighted by Gasteiger charge is -2.53. The Kier molecular flexibility index (Phi) is 4.48. The second-order valence-corrected chi connectivity index (χ2v) is 14.3. The van der Waals surface area contributed by atoms with Crippen molar-refractivity contribution in [1.29, 1.82) is 0 Å². The number of benzene rings is 1. The highest BCUT2D eigenvalue weighted by atomic mass is 79.9. The fraction of sp³-hybridized carbons (Fsp3) is 0.500. The molecule has 0 saturated heterocycles. The maximum Gasteiger partial charge on any atom is 0.124 e. The molecule has 5 heteroatoms. The molecule has 0 saturated carbocycles. The van der Waals surface area contributed by atoms with Crippen LogP contribution in [-0.2, 0) is 0 Å². The van der Waals surface area contributed by atoms with Crippen molar-refractivity contribution in [3.05, 3.63) is 28.5 Å². The summed E-state index contributed by atoms with van der Waals surface area (Å²) >= 11 is 3.48. The molecule has 100 valence electrons. The Morgan fingerprint density at radius 1 is 1.00 bits per heavy atom. The summed E-state index contributed by atoms with van der Waals surface area (Å²) < 4.78 is 16.5. The molecular formula is C12H21BrFNS2. The van der Waals surface area contributed by atoms with E-state index in [1.807, 2.05) is 6.07 Å². The fourth-order valence-corrected chi connectivity index (χ4v) is 9.52. The topological polar surface area (TPSA) is 3.24 Å². The predicted octanol–water partition coefficient (Wildman–Crippen LogP) is 4.61. The first-order valence-corrected chi connectivity index (χ1v) is 11.6. The second-order valence-electron chi connectivity index (χ2n) is 5.40. The molecule has 0 bridgehead atoms. The van der Waals surface area contributed by atoms with Gasteiger partial charge in [-0.2, -0.15) is 20.4 Å². The van der Waals surface area contributed by atoms with Gasteiger partial charge in [0.05, 0.1) is 5.69 Å². The van der Waals surface area contributed by atoms with Crippen LogP contribution in [0.5, 0.6) is 0 Å². The molecule has 0 amide bonds. The summed E-state index contributed by atoms with van der Waals surface area (Å²) in [4.78, 5) is 0. The highest BCUT2D eigenvalue weighted by Crippen LogP contribution is 2.60. The third-order valence-electron chi connectivity index (χ3n) is 2.10. The van der Waals surface area contributed by atoms with E-state index in [1.165, 1.54) is 6.07 Å². The van der Waals surface area contributed by atoms with Crippen LogP contribution in [-0.4, -0.2) is 37.5 Å². The fourth-order valence-electron chi connectivity index (χ4n) is 1.89. The molecule has 1 aromatic carbocycles. The molecule has 0 fully saturated rings. The van der Waals surface area contributed by atoms with Crippen LogP contribution in [0.25, 0.3) is 0 Å². The molecule has 0 aliphatic heterocycles. The zero-order valence-corrected chi connectivity index (χ0v) is 14.5. The molecule has 1 nitrogen and oxygen atoms in total. The van der Waals surface area contributed by atoms with Crippen LogP contribution in [0, 0.1) is 5.82 Å². The third-order valence-corrected chi connectivity index (χ3v) is 7.80. The first-order chi connectivity index (χ1) is 7.53. The van der Waals surface area contributed by atoms with Gasteiger partial charge in [-0.1, -0.05) is 0 Å². The van der Waals surface area contributed by atoms with Crippen LogP contribution in [0.2, 0.25) is 0 Å². The van der Waals surface area contributed by atoms with Crippen molar-refractivity contribution >= 4 is 42.0 Å². The van der Waals surface area contributed by atoms with Crippen molar-refractivity contribution in [1.82, 2.24) is 0 Å². The Morgan fingerprint density at radius 3 is 1.82 bits per heavy atom. The van der Waals surface area contributed by atoms with E-state index in [2.05, 4.69) is 57.2 Å². The van der Waals surface area contributed by atoms with Crippen LogP contribution >= 0.6 is 36.4 Å². The van der Waals surface area contributed by atoms with Gasteiger partial charge in [-0.15, -0.1) is 0 Å². The zero-order valence-electron chi connectivity index (χ0n) is 11.3. The average molecular weight is 342 g/mol. The number of rotatable bonds is 3. The number of anilines is 1. The molecule has 0 aromatic heterocycles. The Hall–Kier alpha value is 0.130. The Labute approximate surface area is 116 Å². The minimum absolute atomic E-state index is 0.201. The van der Waals surface area contributed by atoms with Crippen molar-refractivity contribution in [2.24, 2.45) is 0 Å². The zero-order chi connectivity index (χ0) is 13.4. The summed E-state index contributed by atoms with van der Waals surface area (Å²) in [5, 5.41) is 0. The Balaban J connectivity index is 3.34. The summed E-state index contributed by atoms with van der Waals surface area (Å²) in [6.07, 6.45) is 13.6. The first kappa shape index (κ1) is 15.2. The van der Waals surface area contributed by atoms with Gasteiger partial charge in [0.25, 0.3) is 0 Å². The van der Waals surface area contributed by atoms with E-state index in [1.54, 1.807) is 6.07 Å². The molecule has 0 aliphatic rings. The second kappa shape index (κ2) is 5.02. The number of hydrogen-bond donors (Lipinski definition) is 0. The minimum Gasteiger partial charge on any atom is -0.297 e. The van der Waals surface area contributed by atoms with Crippen LogP contribution < -0.4 is 3.71 Å². The van der Waals surface area contributed by atoms with E-state index in [0.29, 0.717) is 0 Å². The van der Waals surface area contributed by atoms with E-state index in [0.717, 1.165) is 10.2 Å². The van der Waals surface area contributed by atoms with Crippen LogP contribution in [0.4, 0.5) is 10.1 Å². The lowest BCUT2D eigenvalue weighted by Crippen LogP contribution is -2.28. The Bertz CT molecular complexity index is 396. The van der Waals surface area contributed by atoms with Gasteiger partial charge in [0, 0.05) is 4.47 Å². The summed E-state index contributed by atoms with van der Waals surface area (Å²) in [5.74, 6) is -0.201. The largest absolute Gasteiger partial charge is 0.297 e. The first-order valence-electron chi connectivity index (χ1n) is 5.15. The summed E-state index contributed by atoms with van der Waals surface area (Å²) in [5.41, 5.74) is 1.09. The smallest absolute Gasteiger partial charge is 0.124 e. The van der Waals surface area contributed by atoms with Crippen molar-refractivity contribution in [2.75, 3.05) is 41.2 Å². The van der Waals surface area contributed by atoms with Gasteiger partial charge in [0.15, 0.2) is 0 Å². The summed E-state index contributed by atoms with van der Waals surface area (Å²) in [6, 6.07) is 4.94. The molecule has 0 heterocycles. The highest BCUT2D eigenvalue weighted by molar-refractivity contribution is 9.10. The third kappa shape index (κ3) is 3.80. The molecule has 0 N–H and O–H groups in total. The molecule has 0 radical (unpaired) electrons. The van der Waals surface area contributed by atoms with E-state index < -0.39 is 20.4 Å². The average Bonchev–Trinajstić information content (AvgIpc) is 2.04. The number of halogens is 2. The maximum atomic E-state index is 13.2. The molecular weight excluding hydrogens is 321 g/mol. The van der Waals surface area contributed by atoms with Crippen molar-refractivity contribution in [3.8, 4) is 0 Å². The van der Waals surface area contributed by atoms with Crippen molar-refractivity contribution < 1.29 is 4.39 Å². The highest BCUT2D eigenvalue weighted by Gasteiger charge is 2.27.